The Kier molecular flexibility index (Phi) is 7.20. The van der Waals surface area contributed by atoms with E-state index < -0.39 is 0 Å². The van der Waals surface area contributed by atoms with Crippen LogP contribution in [0.25, 0.3) is 10.8 Å². The van der Waals surface area contributed by atoms with E-state index in [-0.39, 0.29) is 30.1 Å². The topological polar surface area (TPSA) is 72.5 Å². The summed E-state index contributed by atoms with van der Waals surface area (Å²) in [5.41, 5.74) is 7.77. The minimum atomic E-state index is 0. The molecule has 6 heteroatoms. The van der Waals surface area contributed by atoms with Crippen molar-refractivity contribution < 1.29 is 4.74 Å². The molecule has 0 atom stereocenters. The molecule has 0 bridgehead atoms. The van der Waals surface area contributed by atoms with Crippen LogP contribution in [-0.4, -0.2) is 17.0 Å². The average Bonchev–Trinajstić information content (AvgIpc) is 2.61. The number of nitrogens with two attached hydrogens (primary N) is 1. The molecule has 5 nitrogen and oxygen atoms in total. The molecule has 0 spiro atoms. The van der Waals surface area contributed by atoms with Crippen LogP contribution in [0.4, 0.5) is 5.69 Å². The minimum Gasteiger partial charge on any atom is -0.491 e. The zero-order valence-corrected chi connectivity index (χ0v) is 17.2. The Bertz CT molecular complexity index is 873. The van der Waals surface area contributed by atoms with Gasteiger partial charge in [-0.25, -0.2) is 4.99 Å². The molecule has 0 saturated heterocycles. The number of benzene rings is 2. The first kappa shape index (κ1) is 20.0. The molecule has 0 unspecified atom stereocenters. The number of hydrogen-bond acceptors (Lipinski definition) is 3. The summed E-state index contributed by atoms with van der Waals surface area (Å²) in [6.45, 7) is 4.42. The molecule has 136 valence electrons. The summed E-state index contributed by atoms with van der Waals surface area (Å²) < 4.78 is 5.62. The molecule has 0 fully saturated rings. The van der Waals surface area contributed by atoms with Gasteiger partial charge in [0, 0.05) is 17.3 Å². The van der Waals surface area contributed by atoms with Crippen molar-refractivity contribution in [2.24, 2.45) is 10.7 Å². The van der Waals surface area contributed by atoms with Crippen molar-refractivity contribution in [1.82, 2.24) is 4.98 Å². The number of anilines is 1. The largest absolute Gasteiger partial charge is 0.491 e. The van der Waals surface area contributed by atoms with E-state index >= 15 is 0 Å². The molecule has 0 amide bonds. The number of nitrogens with one attached hydrogen (secondary N) is 1. The lowest BCUT2D eigenvalue weighted by atomic mass is 10.1. The number of rotatable bonds is 5. The van der Waals surface area contributed by atoms with E-state index in [2.05, 4.69) is 21.4 Å². The lowest BCUT2D eigenvalue weighted by Crippen LogP contribution is -2.22. The van der Waals surface area contributed by atoms with Crippen molar-refractivity contribution in [3.63, 3.8) is 0 Å². The van der Waals surface area contributed by atoms with Crippen LogP contribution in [-0.2, 0) is 6.54 Å². The molecule has 1 heterocycles. The second kappa shape index (κ2) is 9.38. The van der Waals surface area contributed by atoms with Crippen LogP contribution in [0.2, 0.25) is 0 Å². The van der Waals surface area contributed by atoms with E-state index in [1.54, 1.807) is 6.20 Å². The normalized spacial score (nSPS) is 11.3. The van der Waals surface area contributed by atoms with Crippen LogP contribution in [0, 0.1) is 0 Å². The molecule has 3 N–H and O–H groups in total. The predicted octanol–water partition coefficient (Wildman–Crippen LogP) is 4.57. The molecular weight excluding hydrogens is 439 g/mol. The van der Waals surface area contributed by atoms with E-state index in [1.807, 2.05) is 62.4 Å². The molecule has 0 aliphatic rings. The van der Waals surface area contributed by atoms with Gasteiger partial charge in [0.1, 0.15) is 5.75 Å². The van der Waals surface area contributed by atoms with Gasteiger partial charge in [0.15, 0.2) is 5.96 Å². The molecule has 26 heavy (non-hydrogen) atoms. The molecule has 3 aromatic rings. The van der Waals surface area contributed by atoms with Crippen LogP contribution in [0.15, 0.2) is 65.8 Å². The van der Waals surface area contributed by atoms with Gasteiger partial charge >= 0.3 is 0 Å². The minimum absolute atomic E-state index is 0. The quantitative estimate of drug-likeness (QED) is 0.331. The van der Waals surface area contributed by atoms with E-state index in [9.17, 15) is 0 Å². The van der Waals surface area contributed by atoms with Gasteiger partial charge in [-0.05, 0) is 49.6 Å². The maximum Gasteiger partial charge on any atom is 0.193 e. The summed E-state index contributed by atoms with van der Waals surface area (Å²) in [6, 6.07) is 17.7. The number of aromatic nitrogens is 1. The third-order valence-corrected chi connectivity index (χ3v) is 3.65. The van der Waals surface area contributed by atoms with Gasteiger partial charge in [-0.3, -0.25) is 4.98 Å². The fraction of sp³-hybridized carbons (Fsp3) is 0.200. The summed E-state index contributed by atoms with van der Waals surface area (Å²) in [4.78, 5) is 8.82. The Balaban J connectivity index is 0.00000243. The lowest BCUT2D eigenvalue weighted by molar-refractivity contribution is 0.242. The first-order chi connectivity index (χ1) is 12.1. The zero-order chi connectivity index (χ0) is 17.6. The van der Waals surface area contributed by atoms with E-state index in [0.717, 1.165) is 27.9 Å². The Hall–Kier alpha value is -2.35. The Labute approximate surface area is 170 Å². The van der Waals surface area contributed by atoms with Crippen LogP contribution >= 0.6 is 24.0 Å². The Morgan fingerprint density at radius 1 is 1.12 bits per heavy atom. The highest BCUT2D eigenvalue weighted by atomic mass is 127. The number of halogens is 1. The molecule has 0 aliphatic heterocycles. The van der Waals surface area contributed by atoms with Crippen molar-refractivity contribution in [2.75, 3.05) is 5.32 Å². The van der Waals surface area contributed by atoms with E-state index in [1.165, 1.54) is 0 Å². The van der Waals surface area contributed by atoms with E-state index in [0.29, 0.717) is 12.5 Å². The summed E-state index contributed by atoms with van der Waals surface area (Å²) in [7, 11) is 0. The monoisotopic (exact) mass is 462 g/mol. The maximum absolute atomic E-state index is 6.00. The average molecular weight is 462 g/mol. The highest BCUT2D eigenvalue weighted by molar-refractivity contribution is 14.0. The Morgan fingerprint density at radius 2 is 1.85 bits per heavy atom. The first-order valence-corrected chi connectivity index (χ1v) is 8.28. The number of pyridine rings is 1. The van der Waals surface area contributed by atoms with Gasteiger partial charge in [0.05, 0.1) is 18.3 Å². The second-order valence-electron chi connectivity index (χ2n) is 6.00. The van der Waals surface area contributed by atoms with Gasteiger partial charge < -0.3 is 15.8 Å². The number of guanidine groups is 1. The van der Waals surface area contributed by atoms with Crippen LogP contribution in [0.3, 0.4) is 0 Å². The van der Waals surface area contributed by atoms with Crippen molar-refractivity contribution in [3.05, 3.63) is 66.5 Å². The molecule has 2 aromatic carbocycles. The number of hydrogen-bond donors (Lipinski definition) is 2. The number of aliphatic imine (C=N–C) groups is 1. The Morgan fingerprint density at radius 3 is 2.58 bits per heavy atom. The van der Waals surface area contributed by atoms with Crippen molar-refractivity contribution in [1.29, 1.82) is 0 Å². The van der Waals surface area contributed by atoms with Gasteiger partial charge in [-0.15, -0.1) is 24.0 Å². The SMILES string of the molecule is CC(C)Oc1ccc(NC(N)=NCc2nccc3ccccc23)cc1.I. The predicted molar refractivity (Wildman–Crippen MR) is 118 cm³/mol. The van der Waals surface area contributed by atoms with Gasteiger partial charge in [0.2, 0.25) is 0 Å². The highest BCUT2D eigenvalue weighted by Crippen LogP contribution is 2.18. The standard InChI is InChI=1S/C20H22N4O.HI/c1-14(2)25-17-9-7-16(8-10-17)24-20(21)23-13-19-18-6-4-3-5-15(18)11-12-22-19;/h3-12,14H,13H2,1-2H3,(H3,21,23,24);1H. The van der Waals surface area contributed by atoms with Crippen molar-refractivity contribution >= 4 is 46.4 Å². The molecule has 0 radical (unpaired) electrons. The number of nitrogens with zero attached hydrogens (tertiary/aromatic N) is 2. The maximum atomic E-state index is 6.00. The summed E-state index contributed by atoms with van der Waals surface area (Å²) in [5.74, 6) is 1.18. The highest BCUT2D eigenvalue weighted by Gasteiger charge is 2.02. The van der Waals surface area contributed by atoms with Gasteiger partial charge in [0.25, 0.3) is 0 Å². The molecule has 3 rings (SSSR count). The molecule has 0 aliphatic carbocycles. The summed E-state index contributed by atoms with van der Waals surface area (Å²) >= 11 is 0. The molecule has 1 aromatic heterocycles. The number of fused-ring (bicyclic) bond motifs is 1. The van der Waals surface area contributed by atoms with Crippen LogP contribution in [0.1, 0.15) is 19.5 Å². The van der Waals surface area contributed by atoms with Crippen LogP contribution < -0.4 is 15.8 Å². The lowest BCUT2D eigenvalue weighted by Gasteiger charge is -2.11. The second-order valence-corrected chi connectivity index (χ2v) is 6.00. The molecule has 0 saturated carbocycles. The third kappa shape index (κ3) is 5.32. The first-order valence-electron chi connectivity index (χ1n) is 8.28. The summed E-state index contributed by atoms with van der Waals surface area (Å²) in [6.07, 6.45) is 1.95. The van der Waals surface area contributed by atoms with E-state index in [4.69, 9.17) is 10.5 Å². The van der Waals surface area contributed by atoms with Gasteiger partial charge in [-0.2, -0.15) is 0 Å². The van der Waals surface area contributed by atoms with Crippen molar-refractivity contribution in [3.8, 4) is 5.75 Å². The smallest absolute Gasteiger partial charge is 0.193 e. The third-order valence-electron chi connectivity index (χ3n) is 3.65. The van der Waals surface area contributed by atoms with Gasteiger partial charge in [-0.1, -0.05) is 24.3 Å². The van der Waals surface area contributed by atoms with Crippen LogP contribution in [0.5, 0.6) is 5.75 Å². The zero-order valence-electron chi connectivity index (χ0n) is 14.8. The molecular formula is C20H23IN4O. The number of ether oxygens (including phenoxy) is 1. The fourth-order valence-electron chi connectivity index (χ4n) is 2.54. The van der Waals surface area contributed by atoms with Crippen molar-refractivity contribution in [2.45, 2.75) is 26.5 Å². The summed E-state index contributed by atoms with van der Waals surface area (Å²) in [5, 5.41) is 5.33. The fourth-order valence-corrected chi connectivity index (χ4v) is 2.54.